The van der Waals surface area contributed by atoms with Crippen LogP contribution in [0.15, 0.2) is 30.9 Å². The number of thiazole rings is 1. The van der Waals surface area contributed by atoms with Crippen molar-refractivity contribution < 1.29 is 14.4 Å². The van der Waals surface area contributed by atoms with Crippen LogP contribution in [0, 0.1) is 11.8 Å². The van der Waals surface area contributed by atoms with Crippen molar-refractivity contribution in [3.63, 3.8) is 0 Å². The van der Waals surface area contributed by atoms with E-state index >= 15 is 0 Å². The second-order valence-corrected chi connectivity index (χ2v) is 11.7. The minimum absolute atomic E-state index is 0.00924. The van der Waals surface area contributed by atoms with Gasteiger partial charge in [0.2, 0.25) is 5.91 Å². The summed E-state index contributed by atoms with van der Waals surface area (Å²) in [5.41, 5.74) is 2.22. The third kappa shape index (κ3) is 8.09. The van der Waals surface area contributed by atoms with Crippen LogP contribution in [-0.2, 0) is 20.8 Å². The van der Waals surface area contributed by atoms with Gasteiger partial charge in [-0.1, -0.05) is 52.7 Å². The number of aromatic nitrogens is 1. The van der Waals surface area contributed by atoms with E-state index in [-0.39, 0.29) is 29.9 Å². The van der Waals surface area contributed by atoms with Gasteiger partial charge in [-0.3, -0.25) is 14.4 Å². The summed E-state index contributed by atoms with van der Waals surface area (Å²) in [7, 11) is 0. The Hall–Kier alpha value is -2.34. The van der Waals surface area contributed by atoms with Crippen LogP contribution in [0.3, 0.4) is 0 Å². The highest BCUT2D eigenvalue weighted by molar-refractivity contribution is 7.18. The van der Waals surface area contributed by atoms with E-state index in [0.29, 0.717) is 37.5 Å². The fourth-order valence-electron chi connectivity index (χ4n) is 5.22. The quantitative estimate of drug-likeness (QED) is 0.279. The van der Waals surface area contributed by atoms with Crippen LogP contribution in [0.25, 0.3) is 10.2 Å². The summed E-state index contributed by atoms with van der Waals surface area (Å²) in [6.45, 7) is 9.93. The van der Waals surface area contributed by atoms with Crippen LogP contribution in [0.4, 0.5) is 0 Å². The molecule has 0 radical (unpaired) electrons. The second kappa shape index (κ2) is 13.8. The first-order chi connectivity index (χ1) is 17.3. The molecular weight excluding hydrogens is 468 g/mol. The molecule has 5 nitrogen and oxygen atoms in total. The highest BCUT2D eigenvalue weighted by Gasteiger charge is 2.30. The summed E-state index contributed by atoms with van der Waals surface area (Å²) in [6.07, 6.45) is 10.0. The number of nitrogens with one attached hydrogen (secondary N) is 1. The summed E-state index contributed by atoms with van der Waals surface area (Å²) >= 11 is 1.62. The summed E-state index contributed by atoms with van der Waals surface area (Å²) in [5, 5.41) is 4.19. The summed E-state index contributed by atoms with van der Waals surface area (Å²) in [5.74, 6) is 0.421. The summed E-state index contributed by atoms with van der Waals surface area (Å²) < 4.78 is 1.12. The number of allylic oxidation sites excluding steroid dienone is 1. The van der Waals surface area contributed by atoms with E-state index in [1.54, 1.807) is 11.3 Å². The maximum absolute atomic E-state index is 13.6. The Kier molecular flexibility index (Phi) is 10.8. The Morgan fingerprint density at radius 1 is 1.17 bits per heavy atom. The number of hydrogen-bond donors (Lipinski definition) is 1. The first-order valence-corrected chi connectivity index (χ1v) is 14.5. The monoisotopic (exact) mass is 510 g/mol. The first-order valence-electron chi connectivity index (χ1n) is 13.7. The molecule has 196 valence electrons. The molecule has 6 heteroatoms. The minimum atomic E-state index is -0.449. The molecule has 1 amide bonds. The number of benzene rings is 1. The fourth-order valence-corrected chi connectivity index (χ4v) is 6.32. The Labute approximate surface area is 220 Å². The lowest BCUT2D eigenvalue weighted by Crippen LogP contribution is -2.45. The van der Waals surface area contributed by atoms with Gasteiger partial charge in [0.15, 0.2) is 5.78 Å². The number of fused-ring (bicyclic) bond motifs is 1. The van der Waals surface area contributed by atoms with Gasteiger partial charge in [0.1, 0.15) is 5.78 Å². The lowest BCUT2D eigenvalue weighted by Gasteiger charge is -2.32. The molecule has 1 aliphatic rings. The highest BCUT2D eigenvalue weighted by Crippen LogP contribution is 2.31. The van der Waals surface area contributed by atoms with Gasteiger partial charge in [0, 0.05) is 31.7 Å². The van der Waals surface area contributed by atoms with E-state index in [1.807, 2.05) is 6.92 Å². The van der Waals surface area contributed by atoms with E-state index < -0.39 is 5.92 Å². The Morgan fingerprint density at radius 2 is 1.92 bits per heavy atom. The molecule has 0 aliphatic heterocycles. The van der Waals surface area contributed by atoms with Crippen molar-refractivity contribution in [1.29, 1.82) is 0 Å². The molecule has 3 rings (SSSR count). The molecule has 1 N–H and O–H groups in total. The van der Waals surface area contributed by atoms with Crippen molar-refractivity contribution in [2.75, 3.05) is 0 Å². The van der Waals surface area contributed by atoms with E-state index in [0.717, 1.165) is 47.3 Å². The summed E-state index contributed by atoms with van der Waals surface area (Å²) in [6, 6.07) is 6.31. The Morgan fingerprint density at radius 3 is 2.58 bits per heavy atom. The van der Waals surface area contributed by atoms with Crippen LogP contribution >= 0.6 is 11.3 Å². The molecule has 36 heavy (non-hydrogen) atoms. The smallest absolute Gasteiger partial charge is 0.224 e. The molecule has 0 unspecified atom stereocenters. The molecule has 1 fully saturated rings. The molecule has 1 aromatic carbocycles. The van der Waals surface area contributed by atoms with Crippen molar-refractivity contribution >= 4 is 39.0 Å². The van der Waals surface area contributed by atoms with E-state index in [1.165, 1.54) is 18.1 Å². The molecular formula is C30H42N2O3S. The fraction of sp³-hybridized carbons (Fsp3) is 0.600. The van der Waals surface area contributed by atoms with Gasteiger partial charge in [0.25, 0.3) is 0 Å². The predicted molar refractivity (Wildman–Crippen MR) is 148 cm³/mol. The third-order valence-corrected chi connectivity index (χ3v) is 8.43. The van der Waals surface area contributed by atoms with Crippen LogP contribution in [-0.4, -0.2) is 28.5 Å². The number of amides is 1. The zero-order valence-corrected chi connectivity index (χ0v) is 23.0. The van der Waals surface area contributed by atoms with E-state index in [9.17, 15) is 14.4 Å². The maximum Gasteiger partial charge on any atom is 0.224 e. The zero-order chi connectivity index (χ0) is 26.1. The minimum Gasteiger partial charge on any atom is -0.353 e. The number of Topliss-reactive ketones (excluding diaryl/α,β-unsaturated/α-hetero) is 1. The number of rotatable bonds is 14. The Bertz CT molecular complexity index is 1050. The van der Waals surface area contributed by atoms with Crippen LogP contribution in [0.5, 0.6) is 0 Å². The van der Waals surface area contributed by atoms with Gasteiger partial charge in [-0.05, 0) is 61.3 Å². The lowest BCUT2D eigenvalue weighted by molar-refractivity contribution is -0.130. The average Bonchev–Trinajstić information content (AvgIpc) is 3.28. The standard InChI is InChI=1S/C30H42N2O3S/c1-5-10-25(34)17-23(19-29-31-27-15-13-22(20(3)4)18-28(27)36-29)30(35)32-26(16-14-24(33)6-2)21-11-8-7-9-12-21/h6,13,15,18,20-21,23,26H,2,5,7-12,14,16-17,19H2,1,3-4H3,(H,32,35)/t23-,26+/m0/s1. The molecule has 0 saturated heterocycles. The number of carbonyl (C=O) groups excluding carboxylic acids is 3. The van der Waals surface area contributed by atoms with Crippen LogP contribution in [0.2, 0.25) is 0 Å². The van der Waals surface area contributed by atoms with E-state index in [2.05, 4.69) is 43.9 Å². The van der Waals surface area contributed by atoms with Crippen LogP contribution in [0.1, 0.15) is 101 Å². The molecule has 0 spiro atoms. The van der Waals surface area contributed by atoms with Gasteiger partial charge >= 0.3 is 0 Å². The highest BCUT2D eigenvalue weighted by atomic mass is 32.1. The van der Waals surface area contributed by atoms with Gasteiger partial charge in [0.05, 0.1) is 21.1 Å². The number of nitrogens with zero attached hydrogens (tertiary/aromatic N) is 1. The van der Waals surface area contributed by atoms with Gasteiger partial charge in [-0.25, -0.2) is 4.98 Å². The molecule has 1 aliphatic carbocycles. The van der Waals surface area contributed by atoms with Gasteiger partial charge in [-0.2, -0.15) is 0 Å². The van der Waals surface area contributed by atoms with Gasteiger partial charge in [-0.15, -0.1) is 11.3 Å². The van der Waals surface area contributed by atoms with Crippen molar-refractivity contribution in [3.8, 4) is 0 Å². The molecule has 0 bridgehead atoms. The second-order valence-electron chi connectivity index (χ2n) is 10.6. The predicted octanol–water partition coefficient (Wildman–Crippen LogP) is 6.94. The lowest BCUT2D eigenvalue weighted by atomic mass is 9.81. The largest absolute Gasteiger partial charge is 0.353 e. The van der Waals surface area contributed by atoms with Gasteiger partial charge < -0.3 is 5.32 Å². The third-order valence-electron chi connectivity index (χ3n) is 7.39. The van der Waals surface area contributed by atoms with Crippen molar-refractivity contribution in [1.82, 2.24) is 10.3 Å². The van der Waals surface area contributed by atoms with Crippen molar-refractivity contribution in [2.45, 2.75) is 103 Å². The average molecular weight is 511 g/mol. The molecule has 2 aromatic rings. The summed E-state index contributed by atoms with van der Waals surface area (Å²) in [4.78, 5) is 43.0. The topological polar surface area (TPSA) is 76.1 Å². The number of hydrogen-bond acceptors (Lipinski definition) is 5. The van der Waals surface area contributed by atoms with E-state index in [4.69, 9.17) is 4.98 Å². The zero-order valence-electron chi connectivity index (χ0n) is 22.2. The maximum atomic E-state index is 13.6. The SMILES string of the molecule is C=CC(=O)CC[C@@H](NC(=O)[C@@H](CC(=O)CCC)Cc1nc2ccc(C(C)C)cc2s1)C1CCCCC1. The normalized spacial score (nSPS) is 16.1. The number of carbonyl (C=O) groups is 3. The number of ketones is 2. The first kappa shape index (κ1) is 28.2. The molecule has 1 aromatic heterocycles. The van der Waals surface area contributed by atoms with Crippen LogP contribution < -0.4 is 5.32 Å². The van der Waals surface area contributed by atoms with Crippen molar-refractivity contribution in [3.05, 3.63) is 41.4 Å². The molecule has 1 saturated carbocycles. The molecule has 1 heterocycles. The molecule has 2 atom stereocenters. The van der Waals surface area contributed by atoms with Crippen molar-refractivity contribution in [2.24, 2.45) is 11.8 Å². The Balaban J connectivity index is 1.79.